The predicted octanol–water partition coefficient (Wildman–Crippen LogP) is 4.34. The Balaban J connectivity index is 2.33. The molecule has 2 rings (SSSR count). The summed E-state index contributed by atoms with van der Waals surface area (Å²) in [5.74, 6) is 0. The Morgan fingerprint density at radius 3 is 2.45 bits per heavy atom. The number of rotatable bonds is 4. The molecule has 0 unspecified atom stereocenters. The van der Waals surface area contributed by atoms with E-state index >= 15 is 0 Å². The highest BCUT2D eigenvalue weighted by Crippen LogP contribution is 2.30. The largest absolute Gasteiger partial charge is 0.344 e. The summed E-state index contributed by atoms with van der Waals surface area (Å²) >= 11 is 3.64. The molecule has 106 valence electrons. The van der Waals surface area contributed by atoms with E-state index < -0.39 is 0 Å². The Hall–Kier alpha value is -1.32. The first-order chi connectivity index (χ1) is 9.52. The van der Waals surface area contributed by atoms with Crippen LogP contribution in [0.25, 0.3) is 0 Å². The van der Waals surface area contributed by atoms with E-state index in [9.17, 15) is 0 Å². The Morgan fingerprint density at radius 1 is 1.10 bits per heavy atom. The van der Waals surface area contributed by atoms with Gasteiger partial charge < -0.3 is 10.6 Å². The molecule has 0 aliphatic rings. The van der Waals surface area contributed by atoms with Crippen LogP contribution in [0.15, 0.2) is 40.9 Å². The van der Waals surface area contributed by atoms with E-state index in [2.05, 4.69) is 78.1 Å². The van der Waals surface area contributed by atoms with Crippen molar-refractivity contribution in [2.75, 3.05) is 18.5 Å². The summed E-state index contributed by atoms with van der Waals surface area (Å²) in [5, 5.41) is 0. The van der Waals surface area contributed by atoms with Crippen LogP contribution in [-0.2, 0) is 6.42 Å². The topological polar surface area (TPSA) is 29.3 Å². The maximum Gasteiger partial charge on any atom is 0.0437 e. The van der Waals surface area contributed by atoms with E-state index in [1.54, 1.807) is 0 Å². The predicted molar refractivity (Wildman–Crippen MR) is 90.9 cm³/mol. The molecule has 0 atom stereocenters. The molecule has 0 heterocycles. The molecule has 0 saturated heterocycles. The third-order valence-electron chi connectivity index (χ3n) is 3.55. The number of nitrogens with two attached hydrogens (primary N) is 1. The number of anilines is 2. The number of nitrogens with zero attached hydrogens (tertiary/aromatic N) is 1. The molecule has 0 saturated carbocycles. The fraction of sp³-hybridized carbons (Fsp3) is 0.294. The average molecular weight is 333 g/mol. The molecule has 0 radical (unpaired) electrons. The van der Waals surface area contributed by atoms with E-state index in [0.29, 0.717) is 6.54 Å². The van der Waals surface area contributed by atoms with Gasteiger partial charge in [0, 0.05) is 22.9 Å². The summed E-state index contributed by atoms with van der Waals surface area (Å²) in [4.78, 5) is 2.21. The summed E-state index contributed by atoms with van der Waals surface area (Å²) in [7, 11) is 2.10. The quantitative estimate of drug-likeness (QED) is 0.902. The lowest BCUT2D eigenvalue weighted by molar-refractivity contribution is 0.962. The molecule has 0 amide bonds. The van der Waals surface area contributed by atoms with Gasteiger partial charge in [0.25, 0.3) is 0 Å². The van der Waals surface area contributed by atoms with Crippen LogP contribution in [0.5, 0.6) is 0 Å². The number of aryl methyl sites for hydroxylation is 2. The molecule has 2 N–H and O–H groups in total. The molecule has 0 aromatic heterocycles. The minimum Gasteiger partial charge on any atom is -0.344 e. The summed E-state index contributed by atoms with van der Waals surface area (Å²) in [5.41, 5.74) is 11.9. The monoisotopic (exact) mass is 332 g/mol. The first-order valence-electron chi connectivity index (χ1n) is 6.82. The molecule has 2 nitrogen and oxygen atoms in total. The number of halogens is 1. The van der Waals surface area contributed by atoms with Gasteiger partial charge in [0.2, 0.25) is 0 Å². The second-order valence-corrected chi connectivity index (χ2v) is 6.02. The maximum absolute atomic E-state index is 5.62. The SMILES string of the molecule is Cc1ccc(N(C)c2ccc(CCN)c(Br)c2)c(C)c1. The Morgan fingerprint density at radius 2 is 1.85 bits per heavy atom. The molecule has 2 aromatic carbocycles. The van der Waals surface area contributed by atoms with Gasteiger partial charge >= 0.3 is 0 Å². The summed E-state index contributed by atoms with van der Waals surface area (Å²) in [6.07, 6.45) is 0.897. The lowest BCUT2D eigenvalue weighted by atomic mass is 10.1. The highest BCUT2D eigenvalue weighted by molar-refractivity contribution is 9.10. The van der Waals surface area contributed by atoms with Crippen molar-refractivity contribution in [3.05, 3.63) is 57.6 Å². The number of hydrogen-bond acceptors (Lipinski definition) is 2. The van der Waals surface area contributed by atoms with Gasteiger partial charge in [-0.15, -0.1) is 0 Å². The second kappa shape index (κ2) is 6.42. The van der Waals surface area contributed by atoms with Crippen molar-refractivity contribution in [2.45, 2.75) is 20.3 Å². The van der Waals surface area contributed by atoms with Crippen LogP contribution in [-0.4, -0.2) is 13.6 Å². The molecule has 0 aliphatic heterocycles. The van der Waals surface area contributed by atoms with Crippen molar-refractivity contribution in [3.8, 4) is 0 Å². The summed E-state index contributed by atoms with van der Waals surface area (Å²) < 4.78 is 1.12. The summed E-state index contributed by atoms with van der Waals surface area (Å²) in [6.45, 7) is 4.94. The molecule has 20 heavy (non-hydrogen) atoms. The van der Waals surface area contributed by atoms with Crippen LogP contribution < -0.4 is 10.6 Å². The van der Waals surface area contributed by atoms with E-state index in [0.717, 1.165) is 10.9 Å². The highest BCUT2D eigenvalue weighted by atomic mass is 79.9. The molecular weight excluding hydrogens is 312 g/mol. The zero-order chi connectivity index (χ0) is 14.7. The molecule has 0 fully saturated rings. The van der Waals surface area contributed by atoms with Crippen molar-refractivity contribution < 1.29 is 0 Å². The molecular formula is C17H21BrN2. The summed E-state index contributed by atoms with van der Waals surface area (Å²) in [6, 6.07) is 13.0. The second-order valence-electron chi connectivity index (χ2n) is 5.16. The zero-order valence-electron chi connectivity index (χ0n) is 12.3. The first kappa shape index (κ1) is 15.1. The van der Waals surface area contributed by atoms with E-state index in [4.69, 9.17) is 5.73 Å². The molecule has 2 aromatic rings. The Labute approximate surface area is 129 Å². The van der Waals surface area contributed by atoms with Crippen LogP contribution >= 0.6 is 15.9 Å². The van der Waals surface area contributed by atoms with Crippen LogP contribution in [0, 0.1) is 13.8 Å². The number of benzene rings is 2. The standard InChI is InChI=1S/C17H21BrN2/c1-12-4-7-17(13(2)10-12)20(3)15-6-5-14(8-9-19)16(18)11-15/h4-7,10-11H,8-9,19H2,1-3H3. The van der Waals surface area contributed by atoms with E-state index in [-0.39, 0.29) is 0 Å². The van der Waals surface area contributed by atoms with Crippen molar-refractivity contribution in [1.82, 2.24) is 0 Å². The lowest BCUT2D eigenvalue weighted by Gasteiger charge is -2.23. The van der Waals surface area contributed by atoms with Gasteiger partial charge in [-0.05, 0) is 56.1 Å². The minimum absolute atomic E-state index is 0.671. The van der Waals surface area contributed by atoms with Crippen molar-refractivity contribution in [3.63, 3.8) is 0 Å². The fourth-order valence-electron chi connectivity index (χ4n) is 2.42. The molecule has 0 spiro atoms. The van der Waals surface area contributed by atoms with Crippen LogP contribution in [0.1, 0.15) is 16.7 Å². The zero-order valence-corrected chi connectivity index (χ0v) is 13.9. The molecule has 0 aliphatic carbocycles. The third kappa shape index (κ3) is 3.22. The van der Waals surface area contributed by atoms with Crippen LogP contribution in [0.2, 0.25) is 0 Å². The van der Waals surface area contributed by atoms with Gasteiger partial charge in [-0.3, -0.25) is 0 Å². The average Bonchev–Trinajstić information content (AvgIpc) is 2.40. The van der Waals surface area contributed by atoms with Gasteiger partial charge in [0.15, 0.2) is 0 Å². The van der Waals surface area contributed by atoms with Gasteiger partial charge in [0.1, 0.15) is 0 Å². The minimum atomic E-state index is 0.671. The highest BCUT2D eigenvalue weighted by Gasteiger charge is 2.09. The maximum atomic E-state index is 5.62. The van der Waals surface area contributed by atoms with Gasteiger partial charge in [-0.1, -0.05) is 39.7 Å². The van der Waals surface area contributed by atoms with Gasteiger partial charge in [0.05, 0.1) is 0 Å². The van der Waals surface area contributed by atoms with Crippen LogP contribution in [0.3, 0.4) is 0 Å². The van der Waals surface area contributed by atoms with Crippen LogP contribution in [0.4, 0.5) is 11.4 Å². The lowest BCUT2D eigenvalue weighted by Crippen LogP contribution is -2.11. The molecule has 0 bridgehead atoms. The van der Waals surface area contributed by atoms with Gasteiger partial charge in [-0.2, -0.15) is 0 Å². The third-order valence-corrected chi connectivity index (χ3v) is 4.29. The smallest absolute Gasteiger partial charge is 0.0437 e. The van der Waals surface area contributed by atoms with Crippen molar-refractivity contribution >= 4 is 27.3 Å². The van der Waals surface area contributed by atoms with Crippen molar-refractivity contribution in [1.29, 1.82) is 0 Å². The fourth-order valence-corrected chi connectivity index (χ4v) is 2.99. The normalized spacial score (nSPS) is 10.7. The Bertz CT molecular complexity index is 608. The first-order valence-corrected chi connectivity index (χ1v) is 7.61. The van der Waals surface area contributed by atoms with Gasteiger partial charge in [-0.25, -0.2) is 0 Å². The van der Waals surface area contributed by atoms with E-state index in [1.807, 2.05) is 0 Å². The number of hydrogen-bond donors (Lipinski definition) is 1. The Kier molecular flexibility index (Phi) is 4.84. The van der Waals surface area contributed by atoms with E-state index in [1.165, 1.54) is 28.1 Å². The van der Waals surface area contributed by atoms with Crippen molar-refractivity contribution in [2.24, 2.45) is 5.73 Å². The molecule has 3 heteroatoms.